The van der Waals surface area contributed by atoms with E-state index in [-0.39, 0.29) is 11.9 Å². The molecule has 2 nitrogen and oxygen atoms in total. The fraction of sp³-hybridized carbons (Fsp3) is 0.600. The third-order valence-electron chi connectivity index (χ3n) is 2.75. The number of hydrogen-bond donors (Lipinski definition) is 1. The van der Waals surface area contributed by atoms with Crippen LogP contribution >= 0.6 is 11.8 Å². The molecule has 1 unspecified atom stereocenters. The minimum atomic E-state index is -0.215. The van der Waals surface area contributed by atoms with Crippen molar-refractivity contribution < 1.29 is 9.13 Å². The van der Waals surface area contributed by atoms with Crippen molar-refractivity contribution in [3.05, 3.63) is 29.6 Å². The van der Waals surface area contributed by atoms with Crippen LogP contribution in [0.1, 0.15) is 32.4 Å². The molecule has 1 aromatic rings. The molecule has 0 radical (unpaired) electrons. The summed E-state index contributed by atoms with van der Waals surface area (Å²) in [4.78, 5) is 0. The van der Waals surface area contributed by atoms with Crippen molar-refractivity contribution in [2.75, 3.05) is 25.2 Å². The highest BCUT2D eigenvalue weighted by Gasteiger charge is 2.16. The van der Waals surface area contributed by atoms with Gasteiger partial charge in [0, 0.05) is 17.4 Å². The first-order valence-corrected chi connectivity index (χ1v) is 7.88. The number of rotatable bonds is 8. The third kappa shape index (κ3) is 5.41. The summed E-state index contributed by atoms with van der Waals surface area (Å²) in [6.45, 7) is 7.33. The van der Waals surface area contributed by atoms with Gasteiger partial charge in [-0.15, -0.1) is 0 Å². The summed E-state index contributed by atoms with van der Waals surface area (Å²) in [6.07, 6.45) is 0. The highest BCUT2D eigenvalue weighted by atomic mass is 32.2. The largest absolute Gasteiger partial charge is 0.496 e. The number of ether oxygens (including phenoxy) is 1. The Kier molecular flexibility index (Phi) is 7.24. The van der Waals surface area contributed by atoms with Crippen molar-refractivity contribution >= 4 is 11.8 Å². The molecule has 1 rings (SSSR count). The van der Waals surface area contributed by atoms with Crippen molar-refractivity contribution in [2.24, 2.45) is 5.92 Å². The molecule has 0 saturated heterocycles. The molecule has 0 aliphatic carbocycles. The molecule has 0 fully saturated rings. The van der Waals surface area contributed by atoms with Gasteiger partial charge in [0.05, 0.1) is 7.11 Å². The zero-order valence-corrected chi connectivity index (χ0v) is 13.0. The minimum Gasteiger partial charge on any atom is -0.496 e. The zero-order chi connectivity index (χ0) is 14.3. The molecule has 4 heteroatoms. The van der Waals surface area contributed by atoms with E-state index in [0.29, 0.717) is 5.92 Å². The standard InChI is InChI=1S/C15H24FNOS/c1-5-17-14(10-19-9-11(2)3)13-8-12(16)6-7-15(13)18-4/h6-8,11,14,17H,5,9-10H2,1-4H3. The van der Waals surface area contributed by atoms with Crippen LogP contribution in [0.25, 0.3) is 0 Å². The fourth-order valence-corrected chi connectivity index (χ4v) is 3.04. The fourth-order valence-electron chi connectivity index (χ4n) is 1.90. The van der Waals surface area contributed by atoms with E-state index in [1.54, 1.807) is 19.2 Å². The number of hydrogen-bond acceptors (Lipinski definition) is 3. The van der Waals surface area contributed by atoms with Crippen LogP contribution in [0.3, 0.4) is 0 Å². The molecule has 19 heavy (non-hydrogen) atoms. The maximum atomic E-state index is 13.4. The average Bonchev–Trinajstić information content (AvgIpc) is 2.37. The van der Waals surface area contributed by atoms with Crippen LogP contribution in [0, 0.1) is 11.7 Å². The predicted molar refractivity (Wildman–Crippen MR) is 81.5 cm³/mol. The van der Waals surface area contributed by atoms with E-state index in [2.05, 4.69) is 26.1 Å². The topological polar surface area (TPSA) is 21.3 Å². The van der Waals surface area contributed by atoms with E-state index in [0.717, 1.165) is 29.4 Å². The molecular formula is C15H24FNOS. The van der Waals surface area contributed by atoms with Gasteiger partial charge in [-0.25, -0.2) is 4.39 Å². The van der Waals surface area contributed by atoms with Crippen LogP contribution in [0.5, 0.6) is 5.75 Å². The molecule has 0 amide bonds. The maximum Gasteiger partial charge on any atom is 0.123 e. The lowest BCUT2D eigenvalue weighted by atomic mass is 10.1. The SMILES string of the molecule is CCNC(CSCC(C)C)c1cc(F)ccc1OC. The first-order valence-electron chi connectivity index (χ1n) is 6.73. The van der Waals surface area contributed by atoms with Crippen LogP contribution in [0.15, 0.2) is 18.2 Å². The molecule has 1 N–H and O–H groups in total. The molecular weight excluding hydrogens is 261 g/mol. The number of halogens is 1. The van der Waals surface area contributed by atoms with Crippen molar-refractivity contribution in [2.45, 2.75) is 26.8 Å². The van der Waals surface area contributed by atoms with Crippen molar-refractivity contribution in [3.63, 3.8) is 0 Å². The smallest absolute Gasteiger partial charge is 0.123 e. The molecule has 0 heterocycles. The Hall–Kier alpha value is -0.740. The summed E-state index contributed by atoms with van der Waals surface area (Å²) in [5.74, 6) is 3.23. The molecule has 108 valence electrons. The van der Waals surface area contributed by atoms with E-state index in [9.17, 15) is 4.39 Å². The molecule has 0 spiro atoms. The number of thioether (sulfide) groups is 1. The van der Waals surface area contributed by atoms with Gasteiger partial charge >= 0.3 is 0 Å². The lowest BCUT2D eigenvalue weighted by molar-refractivity contribution is 0.401. The Bertz CT molecular complexity index is 384. The monoisotopic (exact) mass is 285 g/mol. The number of benzene rings is 1. The molecule has 0 aliphatic rings. The van der Waals surface area contributed by atoms with Gasteiger partial charge in [0.15, 0.2) is 0 Å². The summed E-state index contributed by atoms with van der Waals surface area (Å²) in [6, 6.07) is 4.83. The molecule has 0 bridgehead atoms. The lowest BCUT2D eigenvalue weighted by Crippen LogP contribution is -2.24. The highest BCUT2D eigenvalue weighted by molar-refractivity contribution is 7.99. The van der Waals surface area contributed by atoms with Crippen molar-refractivity contribution in [3.8, 4) is 5.75 Å². The van der Waals surface area contributed by atoms with E-state index < -0.39 is 0 Å². The predicted octanol–water partition coefficient (Wildman–Crippen LogP) is 3.87. The van der Waals surface area contributed by atoms with Gasteiger partial charge < -0.3 is 10.1 Å². The van der Waals surface area contributed by atoms with Gasteiger partial charge in [-0.1, -0.05) is 20.8 Å². The minimum absolute atomic E-state index is 0.124. The number of methoxy groups -OCH3 is 1. The Morgan fingerprint density at radius 1 is 1.32 bits per heavy atom. The zero-order valence-electron chi connectivity index (χ0n) is 12.2. The van der Waals surface area contributed by atoms with Gasteiger partial charge in [0.1, 0.15) is 11.6 Å². The van der Waals surface area contributed by atoms with Crippen LogP contribution in [-0.4, -0.2) is 25.2 Å². The summed E-state index contributed by atoms with van der Waals surface area (Å²) in [5.41, 5.74) is 0.903. The first kappa shape index (κ1) is 16.3. The van der Waals surface area contributed by atoms with Crippen molar-refractivity contribution in [1.29, 1.82) is 0 Å². The average molecular weight is 285 g/mol. The van der Waals surface area contributed by atoms with Crippen LogP contribution < -0.4 is 10.1 Å². The maximum absolute atomic E-state index is 13.4. The Morgan fingerprint density at radius 3 is 2.63 bits per heavy atom. The van der Waals surface area contributed by atoms with E-state index in [1.807, 2.05) is 11.8 Å². The van der Waals surface area contributed by atoms with E-state index >= 15 is 0 Å². The second kappa shape index (κ2) is 8.43. The second-order valence-corrected chi connectivity index (χ2v) is 6.00. The highest BCUT2D eigenvalue weighted by Crippen LogP contribution is 2.28. The lowest BCUT2D eigenvalue weighted by Gasteiger charge is -2.21. The van der Waals surface area contributed by atoms with Gasteiger partial charge in [-0.05, 0) is 36.4 Å². The van der Waals surface area contributed by atoms with E-state index in [1.165, 1.54) is 6.07 Å². The normalized spacial score (nSPS) is 12.7. The van der Waals surface area contributed by atoms with Crippen LogP contribution in [0.2, 0.25) is 0 Å². The summed E-state index contributed by atoms with van der Waals surface area (Å²) < 4.78 is 18.8. The van der Waals surface area contributed by atoms with Crippen LogP contribution in [-0.2, 0) is 0 Å². The van der Waals surface area contributed by atoms with E-state index in [4.69, 9.17) is 4.74 Å². The Morgan fingerprint density at radius 2 is 2.05 bits per heavy atom. The molecule has 0 aromatic heterocycles. The van der Waals surface area contributed by atoms with Gasteiger partial charge in [-0.2, -0.15) is 11.8 Å². The summed E-state index contributed by atoms with van der Waals surface area (Å²) >= 11 is 1.89. The molecule has 1 atom stereocenters. The van der Waals surface area contributed by atoms with Gasteiger partial charge in [-0.3, -0.25) is 0 Å². The second-order valence-electron chi connectivity index (χ2n) is 4.93. The first-order chi connectivity index (χ1) is 9.08. The quantitative estimate of drug-likeness (QED) is 0.783. The van der Waals surface area contributed by atoms with Crippen molar-refractivity contribution in [1.82, 2.24) is 5.32 Å². The number of nitrogens with one attached hydrogen (secondary N) is 1. The van der Waals surface area contributed by atoms with Crippen LogP contribution in [0.4, 0.5) is 4.39 Å². The third-order valence-corrected chi connectivity index (χ3v) is 4.22. The Balaban J connectivity index is 2.81. The molecule has 0 saturated carbocycles. The Labute approximate surface area is 120 Å². The summed E-state index contributed by atoms with van der Waals surface area (Å²) in [7, 11) is 1.63. The van der Waals surface area contributed by atoms with Gasteiger partial charge in [0.25, 0.3) is 0 Å². The summed E-state index contributed by atoms with van der Waals surface area (Å²) in [5, 5.41) is 3.41. The molecule has 1 aromatic carbocycles. The molecule has 0 aliphatic heterocycles. The van der Waals surface area contributed by atoms with Gasteiger partial charge in [0.2, 0.25) is 0 Å².